The average Bonchev–Trinajstić information content (AvgIpc) is 2.71. The van der Waals surface area contributed by atoms with E-state index in [2.05, 4.69) is 30.4 Å². The van der Waals surface area contributed by atoms with Gasteiger partial charge in [0.05, 0.1) is 6.04 Å². The molecule has 1 aromatic carbocycles. The number of hydrogen-bond acceptors (Lipinski definition) is 2. The molecule has 0 aromatic heterocycles. The molecule has 3 rings (SSSR count). The molecule has 2 amide bonds. The molecule has 1 aromatic rings. The van der Waals surface area contributed by atoms with Crippen molar-refractivity contribution in [1.82, 2.24) is 10.2 Å². The van der Waals surface area contributed by atoms with E-state index in [-0.39, 0.29) is 12.1 Å². The Bertz CT molecular complexity index is 650. The van der Waals surface area contributed by atoms with Gasteiger partial charge in [0, 0.05) is 13.1 Å². The number of carbonyl (C=O) groups excluding carboxylic acids is 2. The molecule has 2 aliphatic carbocycles. The van der Waals surface area contributed by atoms with Gasteiger partial charge >= 0.3 is 11.8 Å². The Morgan fingerprint density at radius 3 is 2.46 bits per heavy atom. The van der Waals surface area contributed by atoms with E-state index < -0.39 is 11.8 Å². The monoisotopic (exact) mass is 356 g/mol. The van der Waals surface area contributed by atoms with Crippen LogP contribution in [0.25, 0.3) is 0 Å². The molecule has 1 N–H and O–H groups in total. The maximum atomic E-state index is 12.6. The molecule has 0 spiro atoms. The molecule has 1 atom stereocenters. The van der Waals surface area contributed by atoms with Gasteiger partial charge in [0.25, 0.3) is 0 Å². The number of carbonyl (C=O) groups is 2. The molecule has 142 valence electrons. The van der Waals surface area contributed by atoms with Crippen molar-refractivity contribution < 1.29 is 9.59 Å². The summed E-state index contributed by atoms with van der Waals surface area (Å²) in [7, 11) is 1.78. The highest BCUT2D eigenvalue weighted by atomic mass is 16.2. The van der Waals surface area contributed by atoms with E-state index in [1.54, 1.807) is 11.9 Å². The smallest absolute Gasteiger partial charge is 0.311 e. The second-order valence-electron chi connectivity index (χ2n) is 7.88. The first kappa shape index (κ1) is 18.9. The van der Waals surface area contributed by atoms with Crippen molar-refractivity contribution in [1.29, 1.82) is 0 Å². The Morgan fingerprint density at radius 1 is 1.08 bits per heavy atom. The molecule has 4 heteroatoms. The fraction of sp³-hybridized carbons (Fsp3) is 0.636. The second-order valence-corrected chi connectivity index (χ2v) is 7.88. The van der Waals surface area contributed by atoms with Gasteiger partial charge in [0.1, 0.15) is 0 Å². The van der Waals surface area contributed by atoms with Gasteiger partial charge in [-0.3, -0.25) is 9.59 Å². The van der Waals surface area contributed by atoms with E-state index in [1.165, 1.54) is 30.4 Å². The van der Waals surface area contributed by atoms with Gasteiger partial charge in [-0.25, -0.2) is 0 Å². The molecule has 0 radical (unpaired) electrons. The first-order chi connectivity index (χ1) is 12.6. The Kier molecular flexibility index (Phi) is 6.33. The van der Waals surface area contributed by atoms with Crippen molar-refractivity contribution >= 4 is 11.8 Å². The summed E-state index contributed by atoms with van der Waals surface area (Å²) in [4.78, 5) is 26.8. The highest BCUT2D eigenvalue weighted by Crippen LogP contribution is 2.26. The lowest BCUT2D eigenvalue weighted by Crippen LogP contribution is -2.47. The zero-order valence-electron chi connectivity index (χ0n) is 16.2. The molecule has 4 nitrogen and oxygen atoms in total. The molecular weight excluding hydrogens is 324 g/mol. The van der Waals surface area contributed by atoms with Crippen LogP contribution in [0.3, 0.4) is 0 Å². The Hall–Kier alpha value is -1.84. The van der Waals surface area contributed by atoms with E-state index in [1.807, 2.05) is 0 Å². The van der Waals surface area contributed by atoms with Gasteiger partial charge in [-0.05, 0) is 61.6 Å². The van der Waals surface area contributed by atoms with Gasteiger partial charge < -0.3 is 10.2 Å². The van der Waals surface area contributed by atoms with E-state index in [9.17, 15) is 9.59 Å². The average molecular weight is 357 g/mol. The van der Waals surface area contributed by atoms with Gasteiger partial charge in [0.15, 0.2) is 0 Å². The van der Waals surface area contributed by atoms with E-state index in [4.69, 9.17) is 0 Å². The standard InChI is InChI=1S/C22H32N2O2/c1-3-20(18-14-13-16-9-7-8-10-17(16)15-18)23-21(25)22(26)24(2)19-11-5-4-6-12-19/h13-15,19-20H,3-12H2,1-2H3,(H,23,25). The number of aryl methyl sites for hydroxylation is 2. The lowest BCUT2D eigenvalue weighted by atomic mass is 9.89. The van der Waals surface area contributed by atoms with Crippen molar-refractivity contribution in [2.45, 2.75) is 83.2 Å². The number of benzene rings is 1. The predicted molar refractivity (Wildman–Crippen MR) is 104 cm³/mol. The zero-order chi connectivity index (χ0) is 18.5. The molecule has 2 aliphatic rings. The first-order valence-corrected chi connectivity index (χ1v) is 10.3. The molecule has 1 fully saturated rings. The van der Waals surface area contributed by atoms with Crippen molar-refractivity contribution in [3.63, 3.8) is 0 Å². The SMILES string of the molecule is CCC(NC(=O)C(=O)N(C)C1CCCCC1)c1ccc2c(c1)CCCC2. The highest BCUT2D eigenvalue weighted by Gasteiger charge is 2.28. The van der Waals surface area contributed by atoms with E-state index >= 15 is 0 Å². The number of amides is 2. The maximum Gasteiger partial charge on any atom is 0.311 e. The number of fused-ring (bicyclic) bond motifs is 1. The van der Waals surface area contributed by atoms with Crippen LogP contribution >= 0.6 is 0 Å². The minimum absolute atomic E-state index is 0.0987. The number of nitrogens with zero attached hydrogens (tertiary/aromatic N) is 1. The largest absolute Gasteiger partial charge is 0.341 e. The van der Waals surface area contributed by atoms with Crippen LogP contribution in [0.1, 0.15) is 81.0 Å². The van der Waals surface area contributed by atoms with Crippen molar-refractivity contribution in [2.75, 3.05) is 7.05 Å². The van der Waals surface area contributed by atoms with Crippen LogP contribution in [0.5, 0.6) is 0 Å². The summed E-state index contributed by atoms with van der Waals surface area (Å²) in [5.74, 6) is -0.865. The number of hydrogen-bond donors (Lipinski definition) is 1. The normalized spacial score (nSPS) is 18.7. The quantitative estimate of drug-likeness (QED) is 0.831. The number of rotatable bonds is 4. The Balaban J connectivity index is 1.65. The minimum atomic E-state index is -0.470. The fourth-order valence-electron chi connectivity index (χ4n) is 4.41. The predicted octanol–water partition coefficient (Wildman–Crippen LogP) is 3.92. The third-order valence-corrected chi connectivity index (χ3v) is 6.13. The van der Waals surface area contributed by atoms with E-state index in [0.29, 0.717) is 0 Å². The van der Waals surface area contributed by atoms with Crippen molar-refractivity contribution in [2.24, 2.45) is 0 Å². The topological polar surface area (TPSA) is 49.4 Å². The molecule has 0 bridgehead atoms. The van der Waals surface area contributed by atoms with Crippen LogP contribution in [0.4, 0.5) is 0 Å². The Labute approximate surface area is 157 Å². The summed E-state index contributed by atoms with van der Waals surface area (Å²) >= 11 is 0. The van der Waals surface area contributed by atoms with Crippen LogP contribution in [0, 0.1) is 0 Å². The first-order valence-electron chi connectivity index (χ1n) is 10.3. The summed E-state index contributed by atoms with van der Waals surface area (Å²) in [6.45, 7) is 2.06. The molecule has 26 heavy (non-hydrogen) atoms. The maximum absolute atomic E-state index is 12.6. The van der Waals surface area contributed by atoms with Crippen LogP contribution in [0.15, 0.2) is 18.2 Å². The third kappa shape index (κ3) is 4.28. The summed E-state index contributed by atoms with van der Waals surface area (Å²) in [6.07, 6.45) is 11.1. The van der Waals surface area contributed by atoms with Crippen LogP contribution in [0.2, 0.25) is 0 Å². The second kappa shape index (κ2) is 8.70. The third-order valence-electron chi connectivity index (χ3n) is 6.13. The van der Waals surface area contributed by atoms with Crippen LogP contribution in [-0.2, 0) is 22.4 Å². The van der Waals surface area contributed by atoms with Gasteiger partial charge in [0.2, 0.25) is 0 Å². The minimum Gasteiger partial charge on any atom is -0.341 e. The molecule has 1 unspecified atom stereocenters. The fourth-order valence-corrected chi connectivity index (χ4v) is 4.41. The van der Waals surface area contributed by atoms with Gasteiger partial charge in [-0.2, -0.15) is 0 Å². The van der Waals surface area contributed by atoms with Gasteiger partial charge in [-0.1, -0.05) is 44.4 Å². The van der Waals surface area contributed by atoms with Gasteiger partial charge in [-0.15, -0.1) is 0 Å². The lowest BCUT2D eigenvalue weighted by molar-refractivity contribution is -0.147. The summed E-state index contributed by atoms with van der Waals surface area (Å²) in [5.41, 5.74) is 3.97. The Morgan fingerprint density at radius 2 is 1.77 bits per heavy atom. The summed E-state index contributed by atoms with van der Waals surface area (Å²) < 4.78 is 0. The number of likely N-dealkylation sites (N-methyl/N-ethyl adjacent to an activating group) is 1. The molecular formula is C22H32N2O2. The number of nitrogens with one attached hydrogen (secondary N) is 1. The molecule has 0 aliphatic heterocycles. The zero-order valence-corrected chi connectivity index (χ0v) is 16.2. The van der Waals surface area contributed by atoms with Crippen molar-refractivity contribution in [3.8, 4) is 0 Å². The molecule has 0 heterocycles. The molecule has 0 saturated heterocycles. The van der Waals surface area contributed by atoms with Crippen LogP contribution < -0.4 is 5.32 Å². The summed E-state index contributed by atoms with van der Waals surface area (Å²) in [5, 5.41) is 2.98. The van der Waals surface area contributed by atoms with Crippen molar-refractivity contribution in [3.05, 3.63) is 34.9 Å². The highest BCUT2D eigenvalue weighted by molar-refractivity contribution is 6.35. The van der Waals surface area contributed by atoms with E-state index in [0.717, 1.165) is 50.5 Å². The van der Waals surface area contributed by atoms with Crippen LogP contribution in [-0.4, -0.2) is 29.8 Å². The molecule has 1 saturated carbocycles. The summed E-state index contributed by atoms with van der Waals surface area (Å²) in [6, 6.07) is 6.67. The lowest BCUT2D eigenvalue weighted by Gasteiger charge is -2.31.